The van der Waals surface area contributed by atoms with Crippen molar-refractivity contribution in [3.63, 3.8) is 0 Å². The molecule has 127 heavy (non-hydrogen) atoms. The number of primary amides is 3. The van der Waals surface area contributed by atoms with Gasteiger partial charge in [0.1, 0.15) is 96.4 Å². The van der Waals surface area contributed by atoms with Crippen molar-refractivity contribution in [2.45, 2.75) is 275 Å². The lowest BCUT2D eigenvalue weighted by Crippen LogP contribution is -2.61. The molecule has 0 unspecified atom stereocenters. The standard InChI is InChI=1S/C81H122N22O24/c1-10-41(6)65(80(125)101-26-12-15-56(101)75(120)91-44(9)81(126)127)99-74(119)50(30-40(4)5)95-70(115)49(23-24-60(83)105)92-72(117)53(33-61(84)106)93-66(111)42(7)89-63(108)37-87-69(114)52(32-46-36-86-38-88-46)96-73(118)54(35-64(109)110)94-67(112)43(8)90-71(116)51(31-45-19-21-47(104)22-20-45)97-76(121)57-16-11-25-100(57)78(123)59-18-14-28-103(59)79(124)58-17-13-27-102(58)77(122)55(34-62(85)107)98-68(113)48(82)29-39(2)3/h19-22,36,38-44,48-59,65,104H,10-18,23-35,37,82H2,1-9H3,(H2,83,105)(H2,84,106)(H2,85,107)(H,86,88)(H,87,114)(H,89,108)(H,90,116)(H,91,120)(H,92,117)(H,93,111)(H,94,112)(H,95,115)(H,96,118)(H,97,121)(H,98,113)(H,99,119)(H,109,110)(H,126,127)/t41-,42-,43-,44-,48-,49-,50-,51-,52-,53-,54-,55-,56-,57-,58-,59-,65-/m0/s1. The van der Waals surface area contributed by atoms with Gasteiger partial charge >= 0.3 is 11.9 Å². The normalized spacial score (nSPS) is 19.1. The summed E-state index contributed by atoms with van der Waals surface area (Å²) in [6.45, 7) is 13.5. The molecule has 4 aliphatic rings. The van der Waals surface area contributed by atoms with Crippen molar-refractivity contribution in [2.24, 2.45) is 40.7 Å². The number of hydrogen-bond acceptors (Lipinski definition) is 24. The fourth-order valence-corrected chi connectivity index (χ4v) is 15.2. The molecule has 2 aromatic rings. The summed E-state index contributed by atoms with van der Waals surface area (Å²) in [6.07, 6.45) is 0.713. The number of benzene rings is 1. The van der Waals surface area contributed by atoms with Crippen LogP contribution in [0.25, 0.3) is 0 Å². The Labute approximate surface area is 732 Å². The zero-order valence-corrected chi connectivity index (χ0v) is 72.7. The predicted molar refractivity (Wildman–Crippen MR) is 447 cm³/mol. The minimum atomic E-state index is -2.00. The molecule has 4 aliphatic heterocycles. The largest absolute Gasteiger partial charge is 0.508 e. The van der Waals surface area contributed by atoms with E-state index in [-0.39, 0.29) is 94.4 Å². The maximum absolute atomic E-state index is 14.7. The Morgan fingerprint density at radius 2 is 0.906 bits per heavy atom. The number of carboxylic acid groups (broad SMARTS) is 2. The third-order valence-electron chi connectivity index (χ3n) is 22.2. The Morgan fingerprint density at radius 1 is 0.457 bits per heavy atom. The van der Waals surface area contributed by atoms with Crippen LogP contribution in [-0.2, 0) is 114 Å². The second-order valence-electron chi connectivity index (χ2n) is 33.3. The van der Waals surface area contributed by atoms with Gasteiger partial charge < -0.3 is 127 Å². The summed E-state index contributed by atoms with van der Waals surface area (Å²) in [5, 5.41) is 58.6. The van der Waals surface area contributed by atoms with Crippen LogP contribution in [0.5, 0.6) is 5.75 Å². The van der Waals surface area contributed by atoms with Gasteiger partial charge in [-0.2, -0.15) is 0 Å². The minimum Gasteiger partial charge on any atom is -0.508 e. The maximum atomic E-state index is 14.7. The number of nitrogens with two attached hydrogens (primary N) is 4. The number of carbonyl (C=O) groups excluding carboxylic acids is 19. The third-order valence-corrected chi connectivity index (χ3v) is 22.2. The lowest BCUT2D eigenvalue weighted by Gasteiger charge is -2.35. The molecule has 0 spiro atoms. The van der Waals surface area contributed by atoms with Crippen LogP contribution >= 0.6 is 0 Å². The van der Waals surface area contributed by atoms with Crippen LogP contribution in [-0.4, -0.2) is 298 Å². The Hall–Kier alpha value is -12.9. The van der Waals surface area contributed by atoms with E-state index in [1.807, 2.05) is 13.8 Å². The molecule has 700 valence electrons. The highest BCUT2D eigenvalue weighted by atomic mass is 16.4. The Morgan fingerprint density at radius 3 is 1.43 bits per heavy atom. The molecule has 5 heterocycles. The summed E-state index contributed by atoms with van der Waals surface area (Å²) in [5.41, 5.74) is 23.1. The highest BCUT2D eigenvalue weighted by molar-refractivity contribution is 6.03. The van der Waals surface area contributed by atoms with E-state index in [9.17, 15) is 116 Å². The number of hydrogen-bond donors (Lipinski definition) is 20. The molecule has 0 bridgehead atoms. The number of amides is 19. The first-order chi connectivity index (χ1) is 59.8. The Bertz CT molecular complexity index is 4340. The summed E-state index contributed by atoms with van der Waals surface area (Å²) in [6, 6.07) is -17.5. The number of nitrogens with zero attached hydrogens (tertiary/aromatic N) is 5. The molecular formula is C81H122N22O24. The lowest BCUT2D eigenvalue weighted by molar-refractivity contribution is -0.151. The quantitative estimate of drug-likeness (QED) is 0.0293. The number of phenols is 1. The zero-order chi connectivity index (χ0) is 94.5. The number of imidazole rings is 1. The number of likely N-dealkylation sites (tertiary alicyclic amines) is 4. The van der Waals surface area contributed by atoms with E-state index in [0.717, 1.165) is 13.8 Å². The van der Waals surface area contributed by atoms with E-state index in [1.165, 1.54) is 63.3 Å². The Kier molecular flexibility index (Phi) is 39.3. The second-order valence-corrected chi connectivity index (χ2v) is 33.3. The Balaban J connectivity index is 1.09. The first kappa shape index (κ1) is 103. The molecule has 46 nitrogen and oxygen atoms in total. The SMILES string of the molecule is CC[C@H](C)[C@H](NC(=O)[C@H](CC(C)C)NC(=O)[C@H](CCC(N)=O)NC(=O)[C@H](CC(N)=O)NC(=O)[C@H](C)NC(=O)CNC(=O)[C@H](Cc1cnc[nH]1)NC(=O)[C@H](CC(=O)O)NC(=O)[C@H](C)NC(=O)[C@H](Cc1ccc(O)cc1)NC(=O)[C@@H]1CCCN1C(=O)[C@@H]1CCCN1C(=O)[C@@H]1CCCN1C(=O)[C@H](CC(N)=O)NC(=O)[C@@H](N)CC(C)C)C(=O)N1CCC[C@H]1C(=O)N[C@@H](C)C(=O)O. The number of aromatic amines is 1. The molecule has 17 atom stereocenters. The average Bonchev–Trinajstić information content (AvgIpc) is 1.65. The third kappa shape index (κ3) is 31.0. The van der Waals surface area contributed by atoms with E-state index >= 15 is 0 Å². The van der Waals surface area contributed by atoms with Gasteiger partial charge in [0, 0.05) is 57.3 Å². The highest BCUT2D eigenvalue weighted by Crippen LogP contribution is 2.30. The van der Waals surface area contributed by atoms with Crippen molar-refractivity contribution in [2.75, 3.05) is 32.7 Å². The highest BCUT2D eigenvalue weighted by Gasteiger charge is 2.49. The van der Waals surface area contributed by atoms with E-state index in [1.54, 1.807) is 27.7 Å². The topological polar surface area (TPSA) is 709 Å². The molecule has 4 saturated heterocycles. The van der Waals surface area contributed by atoms with Crippen LogP contribution in [0.4, 0.5) is 0 Å². The van der Waals surface area contributed by atoms with Gasteiger partial charge in [-0.1, -0.05) is 60.1 Å². The lowest BCUT2D eigenvalue weighted by atomic mass is 9.95. The van der Waals surface area contributed by atoms with Gasteiger partial charge in [0.25, 0.3) is 0 Å². The van der Waals surface area contributed by atoms with Crippen molar-refractivity contribution in [1.29, 1.82) is 0 Å². The van der Waals surface area contributed by atoms with E-state index in [4.69, 9.17) is 22.9 Å². The number of nitrogens with one attached hydrogen (secondary N) is 13. The molecular weight excluding hydrogens is 1670 g/mol. The number of aromatic nitrogens is 2. The van der Waals surface area contributed by atoms with Crippen LogP contribution in [0.1, 0.15) is 176 Å². The van der Waals surface area contributed by atoms with Gasteiger partial charge in [-0.05, 0) is 127 Å². The van der Waals surface area contributed by atoms with Gasteiger partial charge in [-0.3, -0.25) is 101 Å². The van der Waals surface area contributed by atoms with Gasteiger partial charge in [-0.15, -0.1) is 0 Å². The number of phenolic OH excluding ortho intramolecular Hbond substituents is 1. The molecule has 4 fully saturated rings. The fourth-order valence-electron chi connectivity index (χ4n) is 15.2. The molecule has 1 aromatic carbocycles. The number of rotatable bonds is 48. The minimum absolute atomic E-state index is 0.0179. The number of carboxylic acids is 2. The zero-order valence-electron chi connectivity index (χ0n) is 72.7. The number of H-pyrrole nitrogens is 1. The van der Waals surface area contributed by atoms with E-state index in [0.29, 0.717) is 37.7 Å². The van der Waals surface area contributed by atoms with E-state index < -0.39 is 272 Å². The van der Waals surface area contributed by atoms with Crippen molar-refractivity contribution in [1.82, 2.24) is 93.4 Å². The molecule has 1 aromatic heterocycles. The molecule has 0 saturated carbocycles. The number of aliphatic carboxylic acids is 2. The monoisotopic (exact) mass is 1790 g/mol. The van der Waals surface area contributed by atoms with Crippen molar-refractivity contribution in [3.05, 3.63) is 48.0 Å². The van der Waals surface area contributed by atoms with Crippen LogP contribution in [0, 0.1) is 17.8 Å². The van der Waals surface area contributed by atoms with Crippen LogP contribution in [0.2, 0.25) is 0 Å². The van der Waals surface area contributed by atoms with Crippen LogP contribution in [0.15, 0.2) is 36.8 Å². The summed E-state index contributed by atoms with van der Waals surface area (Å²) in [4.78, 5) is 298. The number of carbonyl (C=O) groups is 21. The van der Waals surface area contributed by atoms with Crippen molar-refractivity contribution < 1.29 is 116 Å². The van der Waals surface area contributed by atoms with Gasteiger partial charge in [0.05, 0.1) is 38.2 Å². The molecule has 6 rings (SSSR count). The summed E-state index contributed by atoms with van der Waals surface area (Å²) in [5.74, 6) is -21.7. The molecule has 24 N–H and O–H groups in total. The van der Waals surface area contributed by atoms with Crippen LogP contribution < -0.4 is 86.7 Å². The molecule has 0 aliphatic carbocycles. The van der Waals surface area contributed by atoms with Gasteiger partial charge in [0.15, 0.2) is 0 Å². The van der Waals surface area contributed by atoms with E-state index in [2.05, 4.69) is 73.8 Å². The maximum Gasteiger partial charge on any atom is 0.325 e. The molecule has 46 heteroatoms. The average molecular weight is 1790 g/mol. The summed E-state index contributed by atoms with van der Waals surface area (Å²) >= 11 is 0. The second kappa shape index (κ2) is 48.5. The predicted octanol–water partition coefficient (Wildman–Crippen LogP) is -6.59. The fraction of sp³-hybridized carbons (Fsp3) is 0.630. The smallest absolute Gasteiger partial charge is 0.325 e. The van der Waals surface area contributed by atoms with Gasteiger partial charge in [0.2, 0.25) is 112 Å². The van der Waals surface area contributed by atoms with Crippen LogP contribution in [0.3, 0.4) is 0 Å². The molecule has 19 amide bonds. The molecule has 0 radical (unpaired) electrons. The van der Waals surface area contributed by atoms with Crippen molar-refractivity contribution in [3.8, 4) is 5.75 Å². The van der Waals surface area contributed by atoms with Gasteiger partial charge in [-0.25, -0.2) is 4.98 Å². The first-order valence-corrected chi connectivity index (χ1v) is 42.4. The van der Waals surface area contributed by atoms with Crippen molar-refractivity contribution >= 4 is 124 Å². The summed E-state index contributed by atoms with van der Waals surface area (Å²) in [7, 11) is 0. The summed E-state index contributed by atoms with van der Waals surface area (Å²) < 4.78 is 0. The first-order valence-electron chi connectivity index (χ1n) is 42.4. The number of aromatic hydroxyl groups is 1.